The molecule has 1 aromatic heterocycles. The molecule has 1 amide bonds. The normalized spacial score (nSPS) is 15.2. The van der Waals surface area contributed by atoms with Crippen LogP contribution in [-0.4, -0.2) is 53.5 Å². The second-order valence-electron chi connectivity index (χ2n) is 5.93. The summed E-state index contributed by atoms with van der Waals surface area (Å²) in [5.41, 5.74) is 1.22. The lowest BCUT2D eigenvalue weighted by Gasteiger charge is -2.34. The second kappa shape index (κ2) is 8.45. The summed E-state index contributed by atoms with van der Waals surface area (Å²) in [7, 11) is 0. The first-order valence-corrected chi connectivity index (χ1v) is 8.38. The van der Waals surface area contributed by atoms with E-state index in [0.29, 0.717) is 13.0 Å². The van der Waals surface area contributed by atoms with Crippen LogP contribution in [0.1, 0.15) is 12.0 Å². The number of para-hydroxylation sites is 1. The van der Waals surface area contributed by atoms with Gasteiger partial charge in [-0.2, -0.15) is 0 Å². The van der Waals surface area contributed by atoms with Gasteiger partial charge in [0, 0.05) is 45.1 Å². The zero-order valence-corrected chi connectivity index (χ0v) is 13.8. The Labute approximate surface area is 142 Å². The summed E-state index contributed by atoms with van der Waals surface area (Å²) in [5, 5.41) is 0. The molecular formula is C19H23N3O2. The van der Waals surface area contributed by atoms with Crippen molar-refractivity contribution in [3.8, 4) is 5.75 Å². The number of pyridine rings is 1. The molecule has 0 radical (unpaired) electrons. The zero-order valence-electron chi connectivity index (χ0n) is 13.8. The largest absolute Gasteiger partial charge is 0.493 e. The highest BCUT2D eigenvalue weighted by molar-refractivity contribution is 5.76. The van der Waals surface area contributed by atoms with Gasteiger partial charge in [-0.05, 0) is 23.8 Å². The average molecular weight is 325 g/mol. The highest BCUT2D eigenvalue weighted by Gasteiger charge is 2.20. The first-order chi connectivity index (χ1) is 11.8. The van der Waals surface area contributed by atoms with Gasteiger partial charge in [-0.3, -0.25) is 14.7 Å². The van der Waals surface area contributed by atoms with Gasteiger partial charge in [0.05, 0.1) is 13.0 Å². The van der Waals surface area contributed by atoms with Crippen molar-refractivity contribution in [2.45, 2.75) is 13.0 Å². The lowest BCUT2D eigenvalue weighted by molar-refractivity contribution is -0.133. The zero-order chi connectivity index (χ0) is 16.6. The Morgan fingerprint density at radius 3 is 2.54 bits per heavy atom. The number of amides is 1. The van der Waals surface area contributed by atoms with Crippen LogP contribution in [-0.2, 0) is 11.3 Å². The van der Waals surface area contributed by atoms with E-state index in [1.54, 1.807) is 6.20 Å². The van der Waals surface area contributed by atoms with Gasteiger partial charge < -0.3 is 9.64 Å². The fraction of sp³-hybridized carbons (Fsp3) is 0.368. The van der Waals surface area contributed by atoms with Crippen molar-refractivity contribution < 1.29 is 9.53 Å². The van der Waals surface area contributed by atoms with Gasteiger partial charge in [0.25, 0.3) is 0 Å². The summed E-state index contributed by atoms with van der Waals surface area (Å²) in [6.07, 6.45) is 4.12. The number of piperazine rings is 1. The minimum absolute atomic E-state index is 0.173. The monoisotopic (exact) mass is 325 g/mol. The molecule has 1 aromatic carbocycles. The number of ether oxygens (including phenoxy) is 1. The maximum Gasteiger partial charge on any atom is 0.226 e. The molecule has 1 aliphatic heterocycles. The molecule has 1 saturated heterocycles. The summed E-state index contributed by atoms with van der Waals surface area (Å²) in [6, 6.07) is 13.7. The second-order valence-corrected chi connectivity index (χ2v) is 5.93. The van der Waals surface area contributed by atoms with E-state index in [2.05, 4.69) is 16.0 Å². The van der Waals surface area contributed by atoms with Crippen molar-refractivity contribution in [1.29, 1.82) is 0 Å². The minimum Gasteiger partial charge on any atom is -0.493 e. The van der Waals surface area contributed by atoms with Gasteiger partial charge in [-0.25, -0.2) is 0 Å². The summed E-state index contributed by atoms with van der Waals surface area (Å²) in [4.78, 5) is 20.7. The number of benzene rings is 1. The Morgan fingerprint density at radius 1 is 1.04 bits per heavy atom. The van der Waals surface area contributed by atoms with Crippen LogP contribution in [0.25, 0.3) is 0 Å². The fourth-order valence-corrected chi connectivity index (χ4v) is 2.84. The lowest BCUT2D eigenvalue weighted by atomic mass is 10.2. The topological polar surface area (TPSA) is 45.7 Å². The smallest absolute Gasteiger partial charge is 0.226 e. The Morgan fingerprint density at radius 2 is 1.83 bits per heavy atom. The molecule has 24 heavy (non-hydrogen) atoms. The predicted octanol–water partition coefficient (Wildman–Crippen LogP) is 2.19. The molecule has 1 fully saturated rings. The molecule has 0 unspecified atom stereocenters. The molecule has 126 valence electrons. The van der Waals surface area contributed by atoms with E-state index in [1.807, 2.05) is 47.5 Å². The maximum atomic E-state index is 12.3. The molecule has 5 heteroatoms. The number of aromatic nitrogens is 1. The van der Waals surface area contributed by atoms with E-state index in [1.165, 1.54) is 5.56 Å². The van der Waals surface area contributed by atoms with Crippen LogP contribution in [0.3, 0.4) is 0 Å². The number of nitrogens with zero attached hydrogens (tertiary/aromatic N) is 3. The van der Waals surface area contributed by atoms with E-state index >= 15 is 0 Å². The van der Waals surface area contributed by atoms with Crippen LogP contribution in [0.15, 0.2) is 54.9 Å². The van der Waals surface area contributed by atoms with Gasteiger partial charge in [0.2, 0.25) is 5.91 Å². The fourth-order valence-electron chi connectivity index (χ4n) is 2.84. The van der Waals surface area contributed by atoms with Crippen molar-refractivity contribution >= 4 is 5.91 Å². The molecule has 0 spiro atoms. The predicted molar refractivity (Wildman–Crippen MR) is 92.6 cm³/mol. The van der Waals surface area contributed by atoms with Gasteiger partial charge in [0.1, 0.15) is 5.75 Å². The quantitative estimate of drug-likeness (QED) is 0.817. The van der Waals surface area contributed by atoms with E-state index in [0.717, 1.165) is 38.5 Å². The third-order valence-corrected chi connectivity index (χ3v) is 4.18. The van der Waals surface area contributed by atoms with Crippen molar-refractivity contribution in [2.75, 3.05) is 32.8 Å². The number of carbonyl (C=O) groups excluding carboxylic acids is 1. The van der Waals surface area contributed by atoms with Crippen LogP contribution in [0.5, 0.6) is 5.75 Å². The average Bonchev–Trinajstić information content (AvgIpc) is 2.64. The van der Waals surface area contributed by atoms with E-state index < -0.39 is 0 Å². The number of hydrogen-bond donors (Lipinski definition) is 0. The first-order valence-electron chi connectivity index (χ1n) is 8.38. The molecule has 0 bridgehead atoms. The highest BCUT2D eigenvalue weighted by atomic mass is 16.5. The third kappa shape index (κ3) is 4.80. The van der Waals surface area contributed by atoms with Crippen molar-refractivity contribution in [3.05, 3.63) is 60.4 Å². The molecule has 5 nitrogen and oxygen atoms in total. The molecule has 0 atom stereocenters. The number of rotatable bonds is 6. The maximum absolute atomic E-state index is 12.3. The molecule has 0 N–H and O–H groups in total. The summed E-state index contributed by atoms with van der Waals surface area (Å²) >= 11 is 0. The molecule has 0 saturated carbocycles. The van der Waals surface area contributed by atoms with Crippen LogP contribution in [0.2, 0.25) is 0 Å². The van der Waals surface area contributed by atoms with Gasteiger partial charge in [-0.15, -0.1) is 0 Å². The van der Waals surface area contributed by atoms with Crippen LogP contribution in [0, 0.1) is 0 Å². The Balaban J connectivity index is 1.37. The third-order valence-electron chi connectivity index (χ3n) is 4.18. The van der Waals surface area contributed by atoms with Crippen molar-refractivity contribution in [1.82, 2.24) is 14.8 Å². The van der Waals surface area contributed by atoms with Crippen LogP contribution in [0.4, 0.5) is 0 Å². The lowest BCUT2D eigenvalue weighted by Crippen LogP contribution is -2.48. The SMILES string of the molecule is O=C(CCOc1ccccc1)N1CCN(Cc2cccnc2)CC1. The number of hydrogen-bond acceptors (Lipinski definition) is 4. The Hall–Kier alpha value is -2.40. The molecular weight excluding hydrogens is 302 g/mol. The van der Waals surface area contributed by atoms with Gasteiger partial charge in [0.15, 0.2) is 0 Å². The molecule has 2 aromatic rings. The molecule has 3 rings (SSSR count). The molecule has 2 heterocycles. The van der Waals surface area contributed by atoms with E-state index in [4.69, 9.17) is 4.74 Å². The van der Waals surface area contributed by atoms with Crippen molar-refractivity contribution in [3.63, 3.8) is 0 Å². The summed E-state index contributed by atoms with van der Waals surface area (Å²) in [6.45, 7) is 4.70. The first kappa shape index (κ1) is 16.5. The van der Waals surface area contributed by atoms with Gasteiger partial charge in [-0.1, -0.05) is 24.3 Å². The van der Waals surface area contributed by atoms with Gasteiger partial charge >= 0.3 is 0 Å². The standard InChI is InChI=1S/C19H23N3O2/c23-19(8-14-24-18-6-2-1-3-7-18)22-12-10-21(11-13-22)16-17-5-4-9-20-15-17/h1-7,9,15H,8,10-14,16H2. The molecule has 0 aliphatic carbocycles. The summed E-state index contributed by atoms with van der Waals surface area (Å²) in [5.74, 6) is 0.985. The number of carbonyl (C=O) groups is 1. The van der Waals surface area contributed by atoms with Crippen LogP contribution >= 0.6 is 0 Å². The Bertz CT molecular complexity index is 626. The molecule has 1 aliphatic rings. The highest BCUT2D eigenvalue weighted by Crippen LogP contribution is 2.11. The van der Waals surface area contributed by atoms with E-state index in [-0.39, 0.29) is 5.91 Å². The Kier molecular flexibility index (Phi) is 5.80. The van der Waals surface area contributed by atoms with E-state index in [9.17, 15) is 4.79 Å². The van der Waals surface area contributed by atoms with Crippen LogP contribution < -0.4 is 4.74 Å². The van der Waals surface area contributed by atoms with Crippen molar-refractivity contribution in [2.24, 2.45) is 0 Å². The minimum atomic E-state index is 0.173. The summed E-state index contributed by atoms with van der Waals surface area (Å²) < 4.78 is 5.60.